The lowest BCUT2D eigenvalue weighted by molar-refractivity contribution is 0.255. The largest absolute Gasteiger partial charge is 0.359 e. The molecule has 0 aromatic carbocycles. The molecule has 0 aliphatic carbocycles. The molecule has 6 nitrogen and oxygen atoms in total. The Morgan fingerprint density at radius 2 is 1.88 bits per heavy atom. The average molecular weight is 479 g/mol. The highest BCUT2D eigenvalue weighted by Crippen LogP contribution is 2.22. The van der Waals surface area contributed by atoms with E-state index in [2.05, 4.69) is 67.3 Å². The maximum Gasteiger partial charge on any atom is 0.191 e. The number of halogens is 1. The number of aromatic nitrogens is 1. The van der Waals surface area contributed by atoms with Crippen LogP contribution in [0.2, 0.25) is 0 Å². The molecule has 1 atom stereocenters. The van der Waals surface area contributed by atoms with E-state index in [1.807, 2.05) is 6.07 Å². The van der Waals surface area contributed by atoms with Crippen molar-refractivity contribution in [3.63, 3.8) is 0 Å². The molecule has 26 heavy (non-hydrogen) atoms. The fourth-order valence-electron chi connectivity index (χ4n) is 2.68. The summed E-state index contributed by atoms with van der Waals surface area (Å²) in [6.45, 7) is 14.1. The SMILES string of the molecule is CCNC(=NCc1cc(C(CC)CC)no1)NCCN(C)C(C)CC.I. The first-order chi connectivity index (χ1) is 12.0. The molecule has 0 saturated heterocycles. The summed E-state index contributed by atoms with van der Waals surface area (Å²) < 4.78 is 5.45. The highest BCUT2D eigenvalue weighted by atomic mass is 127. The van der Waals surface area contributed by atoms with Crippen molar-refractivity contribution in [1.82, 2.24) is 20.7 Å². The van der Waals surface area contributed by atoms with Gasteiger partial charge >= 0.3 is 0 Å². The van der Waals surface area contributed by atoms with Crippen LogP contribution in [0.5, 0.6) is 0 Å². The Bertz CT molecular complexity index is 502. The van der Waals surface area contributed by atoms with E-state index in [0.29, 0.717) is 18.5 Å². The molecule has 1 aromatic rings. The van der Waals surface area contributed by atoms with Crippen LogP contribution in [0.3, 0.4) is 0 Å². The summed E-state index contributed by atoms with van der Waals surface area (Å²) in [6.07, 6.45) is 3.33. The molecular formula is C19H38IN5O. The van der Waals surface area contributed by atoms with Crippen LogP contribution in [0.4, 0.5) is 0 Å². The predicted molar refractivity (Wildman–Crippen MR) is 120 cm³/mol. The van der Waals surface area contributed by atoms with Gasteiger partial charge in [-0.1, -0.05) is 25.9 Å². The fraction of sp³-hybridized carbons (Fsp3) is 0.789. The summed E-state index contributed by atoms with van der Waals surface area (Å²) in [5.74, 6) is 2.11. The molecule has 1 aromatic heterocycles. The molecule has 0 aliphatic rings. The normalized spacial score (nSPS) is 13.0. The van der Waals surface area contributed by atoms with Gasteiger partial charge in [-0.05, 0) is 40.2 Å². The molecule has 1 rings (SSSR count). The topological polar surface area (TPSA) is 65.7 Å². The van der Waals surface area contributed by atoms with Crippen molar-refractivity contribution in [1.29, 1.82) is 0 Å². The monoisotopic (exact) mass is 479 g/mol. The molecule has 0 aliphatic heterocycles. The molecule has 0 fully saturated rings. The van der Waals surface area contributed by atoms with Crippen molar-refractivity contribution >= 4 is 29.9 Å². The van der Waals surface area contributed by atoms with E-state index in [4.69, 9.17) is 4.52 Å². The zero-order chi connectivity index (χ0) is 18.7. The Morgan fingerprint density at radius 1 is 1.19 bits per heavy atom. The summed E-state index contributed by atoms with van der Waals surface area (Å²) in [7, 11) is 2.16. The Balaban J connectivity index is 0.00000625. The lowest BCUT2D eigenvalue weighted by Crippen LogP contribution is -2.42. The minimum Gasteiger partial charge on any atom is -0.359 e. The Hall–Kier alpha value is -0.830. The number of hydrogen-bond acceptors (Lipinski definition) is 4. The second-order valence-corrected chi connectivity index (χ2v) is 6.59. The molecule has 7 heteroatoms. The minimum absolute atomic E-state index is 0. The van der Waals surface area contributed by atoms with Crippen LogP contribution in [0.25, 0.3) is 0 Å². The van der Waals surface area contributed by atoms with Gasteiger partial charge in [-0.25, -0.2) is 4.99 Å². The van der Waals surface area contributed by atoms with Crippen molar-refractivity contribution in [2.75, 3.05) is 26.7 Å². The van der Waals surface area contributed by atoms with E-state index < -0.39 is 0 Å². The van der Waals surface area contributed by atoms with Gasteiger partial charge in [0.25, 0.3) is 0 Å². The number of nitrogens with zero attached hydrogens (tertiary/aromatic N) is 3. The van der Waals surface area contributed by atoms with E-state index in [0.717, 1.165) is 56.3 Å². The van der Waals surface area contributed by atoms with Gasteiger partial charge in [0.2, 0.25) is 0 Å². The van der Waals surface area contributed by atoms with Crippen molar-refractivity contribution in [2.45, 2.75) is 72.4 Å². The first-order valence-electron chi connectivity index (χ1n) is 9.73. The maximum absolute atomic E-state index is 5.45. The molecule has 2 N–H and O–H groups in total. The Morgan fingerprint density at radius 3 is 2.46 bits per heavy atom. The highest BCUT2D eigenvalue weighted by molar-refractivity contribution is 14.0. The third kappa shape index (κ3) is 8.70. The number of hydrogen-bond donors (Lipinski definition) is 2. The molecule has 1 heterocycles. The third-order valence-corrected chi connectivity index (χ3v) is 4.82. The second-order valence-electron chi connectivity index (χ2n) is 6.59. The van der Waals surface area contributed by atoms with E-state index in [1.54, 1.807) is 0 Å². The van der Waals surface area contributed by atoms with Crippen LogP contribution in [0.15, 0.2) is 15.6 Å². The van der Waals surface area contributed by atoms with Crippen molar-refractivity contribution in [2.24, 2.45) is 4.99 Å². The van der Waals surface area contributed by atoms with E-state index in [-0.39, 0.29) is 24.0 Å². The molecule has 0 amide bonds. The standard InChI is InChI=1S/C19H37N5O.HI/c1-7-15(5)24(6)12-11-21-19(20-10-4)22-14-17-13-18(23-25-17)16(8-2)9-3;/h13,15-16H,7-12,14H2,1-6H3,(H2,20,21,22);1H. The van der Waals surface area contributed by atoms with E-state index in [1.165, 1.54) is 0 Å². The van der Waals surface area contributed by atoms with Gasteiger partial charge in [0.05, 0.1) is 5.69 Å². The first-order valence-corrected chi connectivity index (χ1v) is 9.73. The summed E-state index contributed by atoms with van der Waals surface area (Å²) in [5, 5.41) is 10.9. The first kappa shape index (κ1) is 25.2. The van der Waals surface area contributed by atoms with Crippen molar-refractivity contribution in [3.8, 4) is 0 Å². The van der Waals surface area contributed by atoms with Crippen LogP contribution in [-0.4, -0.2) is 48.7 Å². The molecule has 0 bridgehead atoms. The number of guanidine groups is 1. The van der Waals surface area contributed by atoms with Crippen molar-refractivity contribution in [3.05, 3.63) is 17.5 Å². The minimum atomic E-state index is 0. The number of likely N-dealkylation sites (N-methyl/N-ethyl adjacent to an activating group) is 1. The Kier molecular flexibility index (Phi) is 13.8. The lowest BCUT2D eigenvalue weighted by Gasteiger charge is -2.23. The highest BCUT2D eigenvalue weighted by Gasteiger charge is 2.13. The lowest BCUT2D eigenvalue weighted by atomic mass is 9.99. The van der Waals surface area contributed by atoms with Gasteiger partial charge < -0.3 is 20.1 Å². The molecule has 1 unspecified atom stereocenters. The summed E-state index contributed by atoms with van der Waals surface area (Å²) in [5.41, 5.74) is 1.04. The van der Waals surface area contributed by atoms with Crippen LogP contribution in [0.1, 0.15) is 71.3 Å². The zero-order valence-corrected chi connectivity index (χ0v) is 19.7. The number of rotatable bonds is 11. The summed E-state index contributed by atoms with van der Waals surface area (Å²) in [6, 6.07) is 2.64. The summed E-state index contributed by atoms with van der Waals surface area (Å²) >= 11 is 0. The maximum atomic E-state index is 5.45. The molecule has 0 spiro atoms. The summed E-state index contributed by atoms with van der Waals surface area (Å²) in [4.78, 5) is 6.97. The van der Waals surface area contributed by atoms with Gasteiger partial charge in [-0.2, -0.15) is 0 Å². The van der Waals surface area contributed by atoms with Gasteiger partial charge in [-0.3, -0.25) is 0 Å². The fourth-order valence-corrected chi connectivity index (χ4v) is 2.68. The molecule has 152 valence electrons. The van der Waals surface area contributed by atoms with Gasteiger partial charge in [0.1, 0.15) is 6.54 Å². The predicted octanol–water partition coefficient (Wildman–Crippen LogP) is 3.98. The number of aliphatic imine (C=N–C) groups is 1. The van der Waals surface area contributed by atoms with Crippen LogP contribution >= 0.6 is 24.0 Å². The molecule has 0 radical (unpaired) electrons. The average Bonchev–Trinajstić information content (AvgIpc) is 3.08. The van der Waals surface area contributed by atoms with Gasteiger partial charge in [-0.15, -0.1) is 24.0 Å². The number of nitrogens with one attached hydrogen (secondary N) is 2. The van der Waals surface area contributed by atoms with Gasteiger partial charge in [0.15, 0.2) is 11.7 Å². The second kappa shape index (κ2) is 14.3. The van der Waals surface area contributed by atoms with Crippen LogP contribution < -0.4 is 10.6 Å². The van der Waals surface area contributed by atoms with Gasteiger partial charge in [0, 0.05) is 37.7 Å². The van der Waals surface area contributed by atoms with E-state index >= 15 is 0 Å². The van der Waals surface area contributed by atoms with E-state index in [9.17, 15) is 0 Å². The Labute approximate surface area is 176 Å². The smallest absolute Gasteiger partial charge is 0.191 e. The van der Waals surface area contributed by atoms with Crippen LogP contribution in [-0.2, 0) is 6.54 Å². The third-order valence-electron chi connectivity index (χ3n) is 4.82. The molecule has 0 saturated carbocycles. The van der Waals surface area contributed by atoms with Crippen molar-refractivity contribution < 1.29 is 4.52 Å². The zero-order valence-electron chi connectivity index (χ0n) is 17.3. The van der Waals surface area contributed by atoms with Crippen LogP contribution in [0, 0.1) is 0 Å². The molecular weight excluding hydrogens is 441 g/mol. The quantitative estimate of drug-likeness (QED) is 0.286.